The molecular weight excluding hydrogens is 570 g/mol. The van der Waals surface area contributed by atoms with Gasteiger partial charge >= 0.3 is 17.9 Å². The Hall–Kier alpha value is -1.93. The lowest BCUT2D eigenvalue weighted by Gasteiger charge is -2.31. The highest BCUT2D eigenvalue weighted by Crippen LogP contribution is 2.14. The van der Waals surface area contributed by atoms with Crippen molar-refractivity contribution in [2.75, 3.05) is 41.0 Å². The van der Waals surface area contributed by atoms with Crippen molar-refractivity contribution in [1.29, 1.82) is 0 Å². The smallest absolute Gasteiger partial charge is 0.362 e. The Morgan fingerprint density at radius 1 is 0.667 bits per heavy atom. The predicted molar refractivity (Wildman–Crippen MR) is 183 cm³/mol. The second kappa shape index (κ2) is 29.5. The Kier molecular flexibility index (Phi) is 28.2. The van der Waals surface area contributed by atoms with Crippen LogP contribution in [-0.2, 0) is 28.6 Å². The number of likely N-dealkylation sites (N-methyl/N-ethyl adjacent to an activating group) is 1. The average Bonchev–Trinajstić information content (AvgIpc) is 2.99. The van der Waals surface area contributed by atoms with E-state index in [0.29, 0.717) is 12.8 Å². The molecule has 8 heteroatoms. The topological polar surface area (TPSA) is 99.1 Å². The zero-order valence-corrected chi connectivity index (χ0v) is 29.8. The van der Waals surface area contributed by atoms with Crippen LogP contribution in [0.4, 0.5) is 0 Å². The molecule has 0 rings (SSSR count). The number of unbranched alkanes of at least 4 members (excludes halogenated alkanes) is 17. The van der Waals surface area contributed by atoms with Gasteiger partial charge in [0.05, 0.1) is 34.4 Å². The van der Waals surface area contributed by atoms with Crippen molar-refractivity contribution in [3.8, 4) is 0 Å². The lowest BCUT2D eigenvalue weighted by atomic mass is 10.1. The third-order valence-corrected chi connectivity index (χ3v) is 8.22. The molecule has 0 spiro atoms. The van der Waals surface area contributed by atoms with Gasteiger partial charge in [0.15, 0.2) is 12.1 Å². The second-order valence-corrected chi connectivity index (χ2v) is 13.4. The first kappa shape index (κ1) is 43.1. The largest absolute Gasteiger partial charge is 0.477 e. The number of allylic oxidation sites excluding steroid dienone is 2. The Labute approximate surface area is 276 Å². The van der Waals surface area contributed by atoms with Crippen LogP contribution >= 0.6 is 0 Å². The summed E-state index contributed by atoms with van der Waals surface area (Å²) in [5, 5.41) is 9.47. The number of hydrogen-bond donors (Lipinski definition) is 1. The summed E-state index contributed by atoms with van der Waals surface area (Å²) in [4.78, 5) is 35.6. The van der Waals surface area contributed by atoms with Crippen molar-refractivity contribution in [2.45, 2.75) is 167 Å². The summed E-state index contributed by atoms with van der Waals surface area (Å²) in [6.45, 7) is 4.18. The molecule has 0 aromatic rings. The van der Waals surface area contributed by atoms with Crippen molar-refractivity contribution < 1.29 is 38.2 Å². The van der Waals surface area contributed by atoms with Gasteiger partial charge in [0.2, 0.25) is 0 Å². The van der Waals surface area contributed by atoms with Gasteiger partial charge in [-0.3, -0.25) is 9.59 Å². The molecule has 0 aliphatic heterocycles. The van der Waals surface area contributed by atoms with E-state index in [1.807, 2.05) is 21.1 Å². The van der Waals surface area contributed by atoms with Crippen molar-refractivity contribution in [1.82, 2.24) is 0 Å². The van der Waals surface area contributed by atoms with Crippen LogP contribution in [0, 0.1) is 0 Å². The summed E-state index contributed by atoms with van der Waals surface area (Å²) < 4.78 is 16.6. The highest BCUT2D eigenvalue weighted by Gasteiger charge is 2.31. The molecule has 0 aliphatic carbocycles. The minimum atomic E-state index is -0.881. The number of ether oxygens (including phenoxy) is 3. The molecule has 0 saturated carbocycles. The Balaban J connectivity index is 3.89. The maximum Gasteiger partial charge on any atom is 0.362 e. The second-order valence-electron chi connectivity index (χ2n) is 13.4. The van der Waals surface area contributed by atoms with Crippen molar-refractivity contribution in [3.05, 3.63) is 12.2 Å². The molecule has 0 fully saturated rings. The summed E-state index contributed by atoms with van der Waals surface area (Å²) in [6, 6.07) is -0.606. The molecule has 0 saturated heterocycles. The molecule has 0 radical (unpaired) electrons. The summed E-state index contributed by atoms with van der Waals surface area (Å²) >= 11 is 0. The number of carboxylic acid groups (broad SMARTS) is 1. The van der Waals surface area contributed by atoms with Gasteiger partial charge in [-0.2, -0.15) is 0 Å². The van der Waals surface area contributed by atoms with Crippen LogP contribution < -0.4 is 0 Å². The number of carbonyl (C=O) groups is 3. The third-order valence-electron chi connectivity index (χ3n) is 8.22. The SMILES string of the molecule is CCCCCCCCCC/C=C\CCCCCCCCCCCC(=O)OC(COCCC(C(=O)O)[N+](C)(C)C)COC(=O)CC. The van der Waals surface area contributed by atoms with Crippen LogP contribution in [0.15, 0.2) is 12.2 Å². The lowest BCUT2D eigenvalue weighted by Crippen LogP contribution is -2.50. The summed E-state index contributed by atoms with van der Waals surface area (Å²) in [5.74, 6) is -1.57. The number of carbonyl (C=O) groups excluding carboxylic acids is 2. The van der Waals surface area contributed by atoms with Crippen LogP contribution in [0.5, 0.6) is 0 Å². The first-order valence-electron chi connectivity index (χ1n) is 18.2. The maximum absolute atomic E-state index is 12.4. The number of carboxylic acids is 1. The number of quaternary nitrogens is 1. The number of rotatable bonds is 32. The molecule has 1 N–H and O–H groups in total. The monoisotopic (exact) mass is 641 g/mol. The third kappa shape index (κ3) is 28.1. The van der Waals surface area contributed by atoms with E-state index in [1.54, 1.807) is 6.92 Å². The predicted octanol–water partition coefficient (Wildman–Crippen LogP) is 8.80. The van der Waals surface area contributed by atoms with E-state index in [2.05, 4.69) is 19.1 Å². The van der Waals surface area contributed by atoms with Crippen LogP contribution in [0.2, 0.25) is 0 Å². The zero-order valence-electron chi connectivity index (χ0n) is 29.8. The molecule has 0 amide bonds. The van der Waals surface area contributed by atoms with Gasteiger partial charge in [-0.15, -0.1) is 0 Å². The molecule has 264 valence electrons. The molecule has 0 aromatic carbocycles. The van der Waals surface area contributed by atoms with Crippen LogP contribution in [0.1, 0.15) is 155 Å². The minimum absolute atomic E-state index is 0.0574. The van der Waals surface area contributed by atoms with Crippen molar-refractivity contribution in [3.63, 3.8) is 0 Å². The van der Waals surface area contributed by atoms with E-state index in [-0.39, 0.29) is 42.7 Å². The van der Waals surface area contributed by atoms with Gasteiger partial charge in [-0.25, -0.2) is 4.79 Å². The van der Waals surface area contributed by atoms with Gasteiger partial charge in [0.25, 0.3) is 0 Å². The number of esters is 2. The van der Waals surface area contributed by atoms with E-state index in [9.17, 15) is 19.5 Å². The van der Waals surface area contributed by atoms with Crippen LogP contribution in [0.3, 0.4) is 0 Å². The highest BCUT2D eigenvalue weighted by atomic mass is 16.6. The van der Waals surface area contributed by atoms with E-state index in [0.717, 1.165) is 19.3 Å². The fourth-order valence-electron chi connectivity index (χ4n) is 5.30. The summed E-state index contributed by atoms with van der Waals surface area (Å²) in [7, 11) is 5.48. The molecule has 0 aromatic heterocycles. The number of hydrogen-bond acceptors (Lipinski definition) is 6. The van der Waals surface area contributed by atoms with Crippen molar-refractivity contribution >= 4 is 17.9 Å². The molecular formula is C37H70NO7+. The van der Waals surface area contributed by atoms with Crippen LogP contribution in [0.25, 0.3) is 0 Å². The van der Waals surface area contributed by atoms with Crippen LogP contribution in [-0.4, -0.2) is 80.6 Å². The average molecular weight is 641 g/mol. The zero-order chi connectivity index (χ0) is 33.6. The molecule has 0 aliphatic rings. The van der Waals surface area contributed by atoms with E-state index in [1.165, 1.54) is 103 Å². The van der Waals surface area contributed by atoms with Gasteiger partial charge in [-0.1, -0.05) is 116 Å². The Morgan fingerprint density at radius 3 is 1.62 bits per heavy atom. The highest BCUT2D eigenvalue weighted by molar-refractivity contribution is 5.72. The van der Waals surface area contributed by atoms with Gasteiger partial charge in [0, 0.05) is 19.3 Å². The molecule has 2 atom stereocenters. The molecule has 8 nitrogen and oxygen atoms in total. The van der Waals surface area contributed by atoms with E-state index in [4.69, 9.17) is 14.2 Å². The maximum atomic E-state index is 12.4. The quantitative estimate of drug-likeness (QED) is 0.0339. The number of aliphatic carboxylic acids is 1. The normalized spacial score (nSPS) is 13.2. The lowest BCUT2D eigenvalue weighted by molar-refractivity contribution is -0.887. The Bertz CT molecular complexity index is 762. The molecule has 2 unspecified atom stereocenters. The van der Waals surface area contributed by atoms with Crippen molar-refractivity contribution in [2.24, 2.45) is 0 Å². The van der Waals surface area contributed by atoms with E-state index >= 15 is 0 Å². The standard InChI is InChI=1S/C37H69NO7/c1-6-8-9-10-11-12-13-14-15-16-17-18-19-20-21-22-23-24-25-26-27-28-36(40)45-33(32-44-35(39)7-2)31-43-30-29-34(37(41)42)38(3,4)5/h16-17,33-34H,6-15,18-32H2,1-5H3/p+1/b17-16-. The Morgan fingerprint density at radius 2 is 1.16 bits per heavy atom. The molecule has 0 bridgehead atoms. The molecule has 45 heavy (non-hydrogen) atoms. The molecule has 0 heterocycles. The fourth-order valence-corrected chi connectivity index (χ4v) is 5.30. The first-order chi connectivity index (χ1) is 21.6. The minimum Gasteiger partial charge on any atom is -0.477 e. The summed E-state index contributed by atoms with van der Waals surface area (Å²) in [5.41, 5.74) is 0. The van der Waals surface area contributed by atoms with E-state index < -0.39 is 18.1 Å². The van der Waals surface area contributed by atoms with Gasteiger partial charge in [-0.05, 0) is 32.1 Å². The fraction of sp³-hybridized carbons (Fsp3) is 0.865. The van der Waals surface area contributed by atoms with Gasteiger partial charge < -0.3 is 23.8 Å². The summed E-state index contributed by atoms with van der Waals surface area (Å²) in [6.07, 6.45) is 29.0. The first-order valence-corrected chi connectivity index (χ1v) is 18.2. The number of nitrogens with zero attached hydrogens (tertiary/aromatic N) is 1. The van der Waals surface area contributed by atoms with Gasteiger partial charge in [0.1, 0.15) is 6.61 Å².